The molecule has 0 radical (unpaired) electrons. The Morgan fingerprint density at radius 3 is 2.15 bits per heavy atom. The van der Waals surface area contributed by atoms with Crippen molar-refractivity contribution in [3.05, 3.63) is 59.7 Å². The zero-order valence-corrected chi connectivity index (χ0v) is 19.0. The smallest absolute Gasteiger partial charge is 0.307 e. The predicted molar refractivity (Wildman–Crippen MR) is 127 cm³/mol. The van der Waals surface area contributed by atoms with Gasteiger partial charge in [-0.25, -0.2) is 0 Å². The number of rotatable bonds is 8. The number of nitrogens with two attached hydrogens (primary N) is 1. The van der Waals surface area contributed by atoms with E-state index < -0.39 is 29.1 Å². The number of aliphatic carboxylic acids is 1. The first kappa shape index (κ1) is 24.0. The summed E-state index contributed by atoms with van der Waals surface area (Å²) in [6.07, 6.45) is 0.741. The monoisotopic (exact) mass is 450 g/mol. The molecular formula is C25H30N4O4. The largest absolute Gasteiger partial charge is 0.481 e. The number of amides is 2. The summed E-state index contributed by atoms with van der Waals surface area (Å²) in [7, 11) is 0. The van der Waals surface area contributed by atoms with E-state index in [1.807, 2.05) is 32.9 Å². The SMILES string of the molecule is CC(C)(C)C(Cc1ccccc1NC(=O)C1CC1C(=O)Nc1ccc(C(=N)N)cc1)C(=O)O. The van der Waals surface area contributed by atoms with E-state index in [0.29, 0.717) is 29.8 Å². The zero-order valence-electron chi connectivity index (χ0n) is 19.0. The number of carbonyl (C=O) groups excluding carboxylic acids is 2. The van der Waals surface area contributed by atoms with Gasteiger partial charge in [-0.2, -0.15) is 0 Å². The number of para-hydroxylation sites is 1. The fraction of sp³-hybridized carbons (Fsp3) is 0.360. The molecule has 1 aliphatic carbocycles. The maximum absolute atomic E-state index is 12.8. The molecule has 0 saturated heterocycles. The second-order valence-corrected chi connectivity index (χ2v) is 9.54. The van der Waals surface area contributed by atoms with Crippen LogP contribution in [-0.2, 0) is 20.8 Å². The van der Waals surface area contributed by atoms with Gasteiger partial charge in [-0.1, -0.05) is 39.0 Å². The van der Waals surface area contributed by atoms with Crippen LogP contribution in [0.1, 0.15) is 38.3 Å². The summed E-state index contributed by atoms with van der Waals surface area (Å²) in [5.74, 6) is -2.89. The summed E-state index contributed by atoms with van der Waals surface area (Å²) in [6.45, 7) is 5.65. The number of anilines is 2. The van der Waals surface area contributed by atoms with Gasteiger partial charge in [0.05, 0.1) is 17.8 Å². The number of hydrogen-bond donors (Lipinski definition) is 5. The molecule has 1 aliphatic rings. The van der Waals surface area contributed by atoms with Gasteiger partial charge < -0.3 is 21.5 Å². The average molecular weight is 451 g/mol. The van der Waals surface area contributed by atoms with Crippen LogP contribution in [0.15, 0.2) is 48.5 Å². The zero-order chi connectivity index (χ0) is 24.3. The summed E-state index contributed by atoms with van der Waals surface area (Å²) in [5.41, 5.74) is 7.45. The highest BCUT2D eigenvalue weighted by atomic mass is 16.4. The van der Waals surface area contributed by atoms with Gasteiger partial charge in [0, 0.05) is 16.9 Å². The molecule has 2 aromatic rings. The molecule has 8 heteroatoms. The second kappa shape index (κ2) is 9.44. The Kier molecular flexibility index (Phi) is 6.86. The summed E-state index contributed by atoms with van der Waals surface area (Å²) < 4.78 is 0. The maximum Gasteiger partial charge on any atom is 0.307 e. The van der Waals surface area contributed by atoms with Crippen LogP contribution in [0.5, 0.6) is 0 Å². The molecule has 6 N–H and O–H groups in total. The summed E-state index contributed by atoms with van der Waals surface area (Å²) in [5, 5.41) is 22.7. The van der Waals surface area contributed by atoms with Crippen LogP contribution >= 0.6 is 0 Å². The van der Waals surface area contributed by atoms with Gasteiger partial charge >= 0.3 is 5.97 Å². The lowest BCUT2D eigenvalue weighted by Gasteiger charge is -2.27. The van der Waals surface area contributed by atoms with Gasteiger partial charge in [0.15, 0.2) is 0 Å². The van der Waals surface area contributed by atoms with Gasteiger partial charge in [-0.3, -0.25) is 19.8 Å². The summed E-state index contributed by atoms with van der Waals surface area (Å²) >= 11 is 0. The third-order valence-corrected chi connectivity index (χ3v) is 5.97. The minimum atomic E-state index is -0.876. The first-order valence-corrected chi connectivity index (χ1v) is 10.8. The van der Waals surface area contributed by atoms with Crippen molar-refractivity contribution < 1.29 is 19.5 Å². The normalized spacial score (nSPS) is 18.2. The van der Waals surface area contributed by atoms with Crippen molar-refractivity contribution in [3.8, 4) is 0 Å². The number of nitrogens with one attached hydrogen (secondary N) is 3. The van der Waals surface area contributed by atoms with E-state index in [9.17, 15) is 19.5 Å². The molecule has 3 rings (SSSR count). The fourth-order valence-corrected chi connectivity index (χ4v) is 3.77. The molecule has 1 saturated carbocycles. The average Bonchev–Trinajstić information content (AvgIpc) is 3.53. The summed E-state index contributed by atoms with van der Waals surface area (Å²) in [6, 6.07) is 13.8. The number of amidine groups is 1. The van der Waals surface area contributed by atoms with Crippen LogP contribution in [0.4, 0.5) is 11.4 Å². The van der Waals surface area contributed by atoms with E-state index in [1.165, 1.54) is 0 Å². The van der Waals surface area contributed by atoms with E-state index in [-0.39, 0.29) is 17.6 Å². The Balaban J connectivity index is 1.62. The first-order valence-electron chi connectivity index (χ1n) is 10.8. The van der Waals surface area contributed by atoms with E-state index in [1.54, 1.807) is 36.4 Å². The van der Waals surface area contributed by atoms with Crippen molar-refractivity contribution in [2.24, 2.45) is 28.9 Å². The van der Waals surface area contributed by atoms with Gasteiger partial charge in [0.1, 0.15) is 5.84 Å². The van der Waals surface area contributed by atoms with Crippen molar-refractivity contribution in [2.75, 3.05) is 10.6 Å². The van der Waals surface area contributed by atoms with E-state index in [2.05, 4.69) is 10.6 Å². The molecule has 8 nitrogen and oxygen atoms in total. The highest BCUT2D eigenvalue weighted by Crippen LogP contribution is 2.40. The van der Waals surface area contributed by atoms with Crippen LogP contribution in [0.3, 0.4) is 0 Å². The molecule has 1 fully saturated rings. The van der Waals surface area contributed by atoms with Crippen molar-refractivity contribution in [3.63, 3.8) is 0 Å². The molecule has 0 spiro atoms. The van der Waals surface area contributed by atoms with E-state index >= 15 is 0 Å². The van der Waals surface area contributed by atoms with E-state index in [0.717, 1.165) is 5.56 Å². The molecule has 174 valence electrons. The molecule has 3 atom stereocenters. The Morgan fingerprint density at radius 1 is 1.03 bits per heavy atom. The molecule has 0 heterocycles. The fourth-order valence-electron chi connectivity index (χ4n) is 3.77. The lowest BCUT2D eigenvalue weighted by Crippen LogP contribution is -2.30. The maximum atomic E-state index is 12.8. The quantitative estimate of drug-likeness (QED) is 0.309. The minimum absolute atomic E-state index is 0.0516. The minimum Gasteiger partial charge on any atom is -0.481 e. The van der Waals surface area contributed by atoms with Gasteiger partial charge in [-0.15, -0.1) is 0 Å². The number of carbonyl (C=O) groups is 3. The Labute approximate surface area is 193 Å². The molecule has 0 aliphatic heterocycles. The highest BCUT2D eigenvalue weighted by Gasteiger charge is 2.48. The van der Waals surface area contributed by atoms with Crippen LogP contribution in [-0.4, -0.2) is 28.7 Å². The van der Waals surface area contributed by atoms with Crippen molar-refractivity contribution in [2.45, 2.75) is 33.6 Å². The number of nitrogen functional groups attached to an aromatic ring is 1. The van der Waals surface area contributed by atoms with Crippen LogP contribution in [0, 0.1) is 28.6 Å². The van der Waals surface area contributed by atoms with Crippen molar-refractivity contribution in [1.82, 2.24) is 0 Å². The lowest BCUT2D eigenvalue weighted by atomic mass is 9.77. The number of benzene rings is 2. The Hall–Kier alpha value is -3.68. The molecule has 2 amide bonds. The highest BCUT2D eigenvalue weighted by molar-refractivity contribution is 6.03. The number of carboxylic acids is 1. The van der Waals surface area contributed by atoms with Crippen LogP contribution in [0.25, 0.3) is 0 Å². The molecule has 0 bridgehead atoms. The second-order valence-electron chi connectivity index (χ2n) is 9.54. The third-order valence-electron chi connectivity index (χ3n) is 5.97. The van der Waals surface area contributed by atoms with Crippen molar-refractivity contribution >= 4 is 35.0 Å². The topological polar surface area (TPSA) is 145 Å². The molecule has 0 aromatic heterocycles. The van der Waals surface area contributed by atoms with Crippen molar-refractivity contribution in [1.29, 1.82) is 5.41 Å². The third kappa shape index (κ3) is 5.97. The predicted octanol–water partition coefficient (Wildman–Crippen LogP) is 3.47. The number of carboxylic acid groups (broad SMARTS) is 1. The molecule has 33 heavy (non-hydrogen) atoms. The van der Waals surface area contributed by atoms with Gasteiger partial charge in [-0.05, 0) is 54.2 Å². The van der Waals surface area contributed by atoms with Crippen LogP contribution < -0.4 is 16.4 Å². The number of hydrogen-bond acceptors (Lipinski definition) is 4. The lowest BCUT2D eigenvalue weighted by molar-refractivity contribution is -0.145. The van der Waals surface area contributed by atoms with E-state index in [4.69, 9.17) is 11.1 Å². The Morgan fingerprint density at radius 2 is 1.61 bits per heavy atom. The van der Waals surface area contributed by atoms with Gasteiger partial charge in [0.2, 0.25) is 11.8 Å². The summed E-state index contributed by atoms with van der Waals surface area (Å²) in [4.78, 5) is 37.1. The van der Waals surface area contributed by atoms with Crippen LogP contribution in [0.2, 0.25) is 0 Å². The molecule has 3 unspecified atom stereocenters. The van der Waals surface area contributed by atoms with Gasteiger partial charge in [0.25, 0.3) is 0 Å². The molecule has 2 aromatic carbocycles. The first-order chi connectivity index (χ1) is 15.5. The standard InChI is InChI=1S/C25H30N4O4/c1-25(2,3)19(24(32)33)12-15-6-4-5-7-20(15)29-23(31)18-13-17(18)22(30)28-16-10-8-14(9-11-16)21(26)27/h4-11,17-19H,12-13H2,1-3H3,(H3,26,27)(H,28,30)(H,29,31)(H,32,33). The molecular weight excluding hydrogens is 420 g/mol. The Bertz CT molecular complexity index is 1070.